The summed E-state index contributed by atoms with van der Waals surface area (Å²) in [5.74, 6) is 1.11. The third kappa shape index (κ3) is 4.64. The molecule has 5 heteroatoms. The first-order valence-electron chi connectivity index (χ1n) is 6.81. The molecule has 0 aliphatic heterocycles. The van der Waals surface area contributed by atoms with Crippen LogP contribution in [-0.2, 0) is 0 Å². The average Bonchev–Trinajstić information content (AvgIpc) is 3.02. The Morgan fingerprint density at radius 2 is 1.91 bits per heavy atom. The molecule has 1 heterocycles. The van der Waals surface area contributed by atoms with E-state index >= 15 is 0 Å². The molecule has 0 aliphatic carbocycles. The number of thioether (sulfide) groups is 2. The van der Waals surface area contributed by atoms with Crippen molar-refractivity contribution < 1.29 is 14.0 Å². The fraction of sp³-hybridized carbons (Fsp3) is 0.176. The number of hydrogen-bond acceptors (Lipinski definition) is 5. The maximum atomic E-state index is 12.1. The summed E-state index contributed by atoms with van der Waals surface area (Å²) in [6.45, 7) is 3.58. The molecule has 0 amide bonds. The smallest absolute Gasteiger partial charge is 0.222 e. The van der Waals surface area contributed by atoms with E-state index in [2.05, 4.69) is 0 Å². The predicted molar refractivity (Wildman–Crippen MR) is 91.6 cm³/mol. The van der Waals surface area contributed by atoms with Gasteiger partial charge in [-0.1, -0.05) is 30.8 Å². The van der Waals surface area contributed by atoms with Crippen LogP contribution in [0.4, 0.5) is 0 Å². The Bertz CT molecular complexity index is 670. The Hall–Kier alpha value is -1.72. The Kier molecular flexibility index (Phi) is 6.10. The molecular formula is C17H16O3S2. The number of benzene rings is 1. The molecule has 2 aromatic rings. The van der Waals surface area contributed by atoms with Crippen LogP contribution in [0.3, 0.4) is 0 Å². The molecule has 1 aromatic heterocycles. The molecule has 2 rings (SSSR count). The Morgan fingerprint density at radius 1 is 1.18 bits per heavy atom. The Morgan fingerprint density at radius 3 is 2.45 bits per heavy atom. The first kappa shape index (κ1) is 16.6. The lowest BCUT2D eigenvalue weighted by atomic mass is 10.2. The summed E-state index contributed by atoms with van der Waals surface area (Å²) in [5.41, 5.74) is 0.685. The van der Waals surface area contributed by atoms with Crippen LogP contribution in [0, 0.1) is 0 Å². The van der Waals surface area contributed by atoms with Crippen molar-refractivity contribution in [2.24, 2.45) is 0 Å². The molecule has 0 atom stereocenters. The fourth-order valence-corrected chi connectivity index (χ4v) is 3.74. The van der Waals surface area contributed by atoms with E-state index in [9.17, 15) is 9.59 Å². The number of rotatable bonds is 7. The van der Waals surface area contributed by atoms with E-state index in [0.29, 0.717) is 11.3 Å². The number of Topliss-reactive ketones (excluding diaryl/α,β-unsaturated/α-hetero) is 1. The van der Waals surface area contributed by atoms with Crippen molar-refractivity contribution in [2.45, 2.75) is 18.7 Å². The number of hydrogen-bond donors (Lipinski definition) is 0. The molecule has 0 fully saturated rings. The highest BCUT2D eigenvalue weighted by atomic mass is 32.2. The lowest BCUT2D eigenvalue weighted by molar-refractivity contribution is 0.101. The number of ketones is 2. The van der Waals surface area contributed by atoms with E-state index in [4.69, 9.17) is 4.42 Å². The third-order valence-electron chi connectivity index (χ3n) is 2.78. The van der Waals surface area contributed by atoms with Crippen molar-refractivity contribution in [3.63, 3.8) is 0 Å². The molecule has 0 N–H and O–H groups in total. The van der Waals surface area contributed by atoms with Crippen LogP contribution < -0.4 is 0 Å². The van der Waals surface area contributed by atoms with Gasteiger partial charge in [-0.2, -0.15) is 0 Å². The average molecular weight is 332 g/mol. The molecule has 0 unspecified atom stereocenters. The molecule has 0 radical (unpaired) electrons. The number of allylic oxidation sites excluding steroid dienone is 1. The Balaban J connectivity index is 2.14. The van der Waals surface area contributed by atoms with Crippen LogP contribution >= 0.6 is 23.5 Å². The molecular weight excluding hydrogens is 316 g/mol. The minimum absolute atomic E-state index is 0.0447. The predicted octanol–water partition coefficient (Wildman–Crippen LogP) is 5.05. The van der Waals surface area contributed by atoms with Crippen molar-refractivity contribution in [3.8, 4) is 0 Å². The topological polar surface area (TPSA) is 47.3 Å². The zero-order chi connectivity index (χ0) is 15.9. The summed E-state index contributed by atoms with van der Waals surface area (Å²) in [7, 11) is 0. The van der Waals surface area contributed by atoms with Gasteiger partial charge < -0.3 is 4.42 Å². The van der Waals surface area contributed by atoms with Gasteiger partial charge in [0.1, 0.15) is 0 Å². The first-order chi connectivity index (χ1) is 10.6. The zero-order valence-corrected chi connectivity index (χ0v) is 14.0. The highest BCUT2D eigenvalue weighted by Crippen LogP contribution is 2.35. The normalized spacial score (nSPS) is 11.5. The quantitative estimate of drug-likeness (QED) is 0.403. The molecule has 0 bridgehead atoms. The summed E-state index contributed by atoms with van der Waals surface area (Å²) in [6.07, 6.45) is 3.08. The van der Waals surface area contributed by atoms with E-state index in [0.717, 1.165) is 14.9 Å². The molecule has 0 spiro atoms. The number of carbonyl (C=O) groups is 2. The summed E-state index contributed by atoms with van der Waals surface area (Å²) < 4.78 is 6.02. The van der Waals surface area contributed by atoms with Gasteiger partial charge in [-0.3, -0.25) is 9.59 Å². The molecule has 0 saturated carbocycles. The highest BCUT2D eigenvalue weighted by Gasteiger charge is 2.09. The number of carbonyl (C=O) groups excluding carboxylic acids is 2. The minimum atomic E-state index is -0.145. The molecule has 22 heavy (non-hydrogen) atoms. The van der Waals surface area contributed by atoms with Crippen LogP contribution in [0.5, 0.6) is 0 Å². The molecule has 114 valence electrons. The van der Waals surface area contributed by atoms with Crippen molar-refractivity contribution in [1.29, 1.82) is 0 Å². The van der Waals surface area contributed by atoms with E-state index in [1.165, 1.54) is 18.0 Å². The first-order valence-corrected chi connectivity index (χ1v) is 8.61. The van der Waals surface area contributed by atoms with Gasteiger partial charge in [0, 0.05) is 20.8 Å². The van der Waals surface area contributed by atoms with Crippen LogP contribution in [0.15, 0.2) is 62.3 Å². The fourth-order valence-electron chi connectivity index (χ4n) is 1.71. The lowest BCUT2D eigenvalue weighted by Gasteiger charge is -2.06. The van der Waals surface area contributed by atoms with Gasteiger partial charge in [0.05, 0.1) is 6.26 Å². The SMILES string of the molecule is CCS/C(=C/C(=O)c1ccco1)Sc1ccc(C(C)=O)cc1. The van der Waals surface area contributed by atoms with Crippen LogP contribution in [0.2, 0.25) is 0 Å². The van der Waals surface area contributed by atoms with E-state index < -0.39 is 0 Å². The summed E-state index contributed by atoms with van der Waals surface area (Å²) in [4.78, 5) is 24.4. The standard InChI is InChI=1S/C17H16O3S2/c1-3-21-17(11-15(19)16-5-4-10-20-16)22-14-8-6-13(7-9-14)12(2)18/h4-11H,3H2,1-2H3/b17-11-. The molecule has 0 saturated heterocycles. The summed E-state index contributed by atoms with van der Waals surface area (Å²) in [5, 5.41) is 0. The summed E-state index contributed by atoms with van der Waals surface area (Å²) in [6, 6.07) is 10.7. The van der Waals surface area contributed by atoms with Gasteiger partial charge in [0.2, 0.25) is 5.78 Å². The van der Waals surface area contributed by atoms with E-state index in [1.807, 2.05) is 19.1 Å². The monoisotopic (exact) mass is 332 g/mol. The van der Waals surface area contributed by atoms with Crippen LogP contribution in [0.1, 0.15) is 34.8 Å². The molecule has 0 aliphatic rings. The van der Waals surface area contributed by atoms with Gasteiger partial charge in [-0.05, 0) is 36.9 Å². The second kappa shape index (κ2) is 8.06. The maximum Gasteiger partial charge on any atom is 0.222 e. The highest BCUT2D eigenvalue weighted by molar-refractivity contribution is 8.22. The lowest BCUT2D eigenvalue weighted by Crippen LogP contribution is -1.93. The molecule has 1 aromatic carbocycles. The molecule has 3 nitrogen and oxygen atoms in total. The van der Waals surface area contributed by atoms with Crippen LogP contribution in [-0.4, -0.2) is 17.3 Å². The largest absolute Gasteiger partial charge is 0.461 e. The van der Waals surface area contributed by atoms with Crippen LogP contribution in [0.25, 0.3) is 0 Å². The van der Waals surface area contributed by atoms with Gasteiger partial charge >= 0.3 is 0 Å². The second-order valence-electron chi connectivity index (χ2n) is 4.42. The van der Waals surface area contributed by atoms with E-state index in [1.54, 1.807) is 49.0 Å². The minimum Gasteiger partial charge on any atom is -0.461 e. The Labute approximate surface area is 138 Å². The van der Waals surface area contributed by atoms with Crippen molar-refractivity contribution in [2.75, 3.05) is 5.75 Å². The van der Waals surface area contributed by atoms with Crippen molar-refractivity contribution in [1.82, 2.24) is 0 Å². The van der Waals surface area contributed by atoms with Crippen molar-refractivity contribution in [3.05, 3.63) is 64.3 Å². The zero-order valence-electron chi connectivity index (χ0n) is 12.4. The van der Waals surface area contributed by atoms with Crippen molar-refractivity contribution >= 4 is 35.1 Å². The van der Waals surface area contributed by atoms with Gasteiger partial charge in [-0.25, -0.2) is 0 Å². The van der Waals surface area contributed by atoms with Gasteiger partial charge in [0.15, 0.2) is 11.5 Å². The van der Waals surface area contributed by atoms with Gasteiger partial charge in [-0.15, -0.1) is 11.8 Å². The summed E-state index contributed by atoms with van der Waals surface area (Å²) >= 11 is 3.11. The second-order valence-corrected chi connectivity index (χ2v) is 7.10. The number of furan rings is 1. The maximum absolute atomic E-state index is 12.1. The van der Waals surface area contributed by atoms with Gasteiger partial charge in [0.25, 0.3) is 0 Å². The van der Waals surface area contributed by atoms with E-state index in [-0.39, 0.29) is 11.6 Å². The third-order valence-corrected chi connectivity index (χ3v) is 4.90.